The summed E-state index contributed by atoms with van der Waals surface area (Å²) < 4.78 is 0. The van der Waals surface area contributed by atoms with Crippen LogP contribution in [-0.4, -0.2) is 59.6 Å². The minimum Gasteiger partial charge on any atom is -0.329 e. The first-order valence-electron chi connectivity index (χ1n) is 8.16. The molecule has 1 aromatic rings. The minimum absolute atomic E-state index is 0.107. The molecular weight excluding hydrogens is 324 g/mol. The van der Waals surface area contributed by atoms with Gasteiger partial charge in [-0.15, -0.1) is 0 Å². The van der Waals surface area contributed by atoms with Gasteiger partial charge in [-0.25, -0.2) is 0 Å². The van der Waals surface area contributed by atoms with E-state index < -0.39 is 23.8 Å². The van der Waals surface area contributed by atoms with E-state index >= 15 is 0 Å². The van der Waals surface area contributed by atoms with Crippen molar-refractivity contribution >= 4 is 23.6 Å². The van der Waals surface area contributed by atoms with Gasteiger partial charge in [-0.1, -0.05) is 12.1 Å². The number of amides is 4. The summed E-state index contributed by atoms with van der Waals surface area (Å²) in [6, 6.07) is 4.17. The molecule has 0 saturated carbocycles. The van der Waals surface area contributed by atoms with Crippen LogP contribution >= 0.6 is 0 Å². The number of carbonyl (C=O) groups excluding carboxylic acids is 4. The summed E-state index contributed by atoms with van der Waals surface area (Å²) in [6.07, 6.45) is 0.258. The molecule has 0 radical (unpaired) electrons. The van der Waals surface area contributed by atoms with Crippen LogP contribution in [0.15, 0.2) is 18.2 Å². The Morgan fingerprint density at radius 3 is 2.68 bits per heavy atom. The van der Waals surface area contributed by atoms with Gasteiger partial charge >= 0.3 is 0 Å². The first-order chi connectivity index (χ1) is 11.9. The van der Waals surface area contributed by atoms with Gasteiger partial charge in [0.1, 0.15) is 6.04 Å². The van der Waals surface area contributed by atoms with Crippen molar-refractivity contribution in [1.29, 1.82) is 0 Å². The predicted octanol–water partition coefficient (Wildman–Crippen LogP) is -0.522. The van der Waals surface area contributed by atoms with Gasteiger partial charge in [-0.3, -0.25) is 29.4 Å². The third-order valence-electron chi connectivity index (χ3n) is 4.51. The Labute approximate surface area is 144 Å². The van der Waals surface area contributed by atoms with E-state index in [1.54, 1.807) is 18.2 Å². The average Bonchev–Trinajstić information content (AvgIpc) is 2.81. The first-order valence-corrected chi connectivity index (χ1v) is 8.16. The van der Waals surface area contributed by atoms with Gasteiger partial charge in [-0.2, -0.15) is 0 Å². The molecule has 3 rings (SSSR count). The molecule has 132 valence electrons. The lowest BCUT2D eigenvalue weighted by molar-refractivity contribution is -0.136. The van der Waals surface area contributed by atoms with Crippen LogP contribution in [0.2, 0.25) is 0 Å². The second-order valence-corrected chi connectivity index (χ2v) is 6.31. The summed E-state index contributed by atoms with van der Waals surface area (Å²) in [5, 5.41) is 2.19. The molecule has 3 N–H and O–H groups in total. The summed E-state index contributed by atoms with van der Waals surface area (Å²) in [5.74, 6) is -1.96. The van der Waals surface area contributed by atoms with Crippen molar-refractivity contribution in [2.75, 3.05) is 20.1 Å². The number of imide groups is 2. The summed E-state index contributed by atoms with van der Waals surface area (Å²) in [5.41, 5.74) is 6.91. The molecule has 1 saturated heterocycles. The molecule has 1 aromatic carbocycles. The number of fused-ring (bicyclic) bond motifs is 1. The van der Waals surface area contributed by atoms with Gasteiger partial charge in [0.25, 0.3) is 11.8 Å². The van der Waals surface area contributed by atoms with Crippen molar-refractivity contribution in [2.45, 2.75) is 25.4 Å². The Balaban J connectivity index is 1.91. The molecule has 0 spiro atoms. The average molecular weight is 344 g/mol. The first kappa shape index (κ1) is 17.2. The van der Waals surface area contributed by atoms with E-state index in [2.05, 4.69) is 5.32 Å². The smallest absolute Gasteiger partial charge is 0.262 e. The van der Waals surface area contributed by atoms with E-state index in [4.69, 9.17) is 5.73 Å². The molecule has 2 aliphatic rings. The second-order valence-electron chi connectivity index (χ2n) is 6.31. The monoisotopic (exact) mass is 344 g/mol. The van der Waals surface area contributed by atoms with E-state index in [1.165, 1.54) is 0 Å². The van der Waals surface area contributed by atoms with Gasteiger partial charge in [0, 0.05) is 26.1 Å². The van der Waals surface area contributed by atoms with Crippen LogP contribution in [0.25, 0.3) is 0 Å². The molecule has 1 fully saturated rings. The number of rotatable bonds is 5. The molecule has 0 bridgehead atoms. The Morgan fingerprint density at radius 1 is 1.24 bits per heavy atom. The number of hydrogen-bond donors (Lipinski definition) is 2. The fourth-order valence-corrected chi connectivity index (χ4v) is 3.31. The SMILES string of the molecule is CN(CCN)Cc1cccc2c1C(=O)N(C1CCC(=O)NC1=O)C2=O. The summed E-state index contributed by atoms with van der Waals surface area (Å²) in [7, 11) is 1.88. The van der Waals surface area contributed by atoms with E-state index in [-0.39, 0.29) is 18.7 Å². The number of nitrogens with zero attached hydrogens (tertiary/aromatic N) is 2. The van der Waals surface area contributed by atoms with Gasteiger partial charge in [-0.05, 0) is 25.1 Å². The van der Waals surface area contributed by atoms with E-state index in [1.807, 2.05) is 11.9 Å². The predicted molar refractivity (Wildman–Crippen MR) is 88.5 cm³/mol. The Hall–Kier alpha value is -2.58. The molecule has 4 amide bonds. The maximum absolute atomic E-state index is 12.9. The maximum atomic E-state index is 12.9. The van der Waals surface area contributed by atoms with Gasteiger partial charge < -0.3 is 10.6 Å². The highest BCUT2D eigenvalue weighted by molar-refractivity contribution is 6.24. The Morgan fingerprint density at radius 2 is 2.00 bits per heavy atom. The highest BCUT2D eigenvalue weighted by Crippen LogP contribution is 2.30. The van der Waals surface area contributed by atoms with Crippen molar-refractivity contribution in [3.05, 3.63) is 34.9 Å². The van der Waals surface area contributed by atoms with E-state index in [0.29, 0.717) is 30.8 Å². The van der Waals surface area contributed by atoms with Crippen molar-refractivity contribution in [3.63, 3.8) is 0 Å². The number of nitrogens with two attached hydrogens (primary N) is 1. The maximum Gasteiger partial charge on any atom is 0.262 e. The Kier molecular flexibility index (Phi) is 4.65. The zero-order valence-electron chi connectivity index (χ0n) is 13.9. The summed E-state index contributed by atoms with van der Waals surface area (Å²) in [6.45, 7) is 1.62. The van der Waals surface area contributed by atoms with E-state index in [9.17, 15) is 19.2 Å². The summed E-state index contributed by atoms with van der Waals surface area (Å²) in [4.78, 5) is 51.9. The van der Waals surface area contributed by atoms with Gasteiger partial charge in [0.05, 0.1) is 11.1 Å². The van der Waals surface area contributed by atoms with Crippen LogP contribution in [0.4, 0.5) is 0 Å². The molecule has 8 nitrogen and oxygen atoms in total. The molecule has 1 unspecified atom stereocenters. The van der Waals surface area contributed by atoms with Crippen LogP contribution in [0.1, 0.15) is 39.1 Å². The zero-order valence-corrected chi connectivity index (χ0v) is 13.9. The summed E-state index contributed by atoms with van der Waals surface area (Å²) >= 11 is 0. The lowest BCUT2D eigenvalue weighted by atomic mass is 10.0. The number of likely N-dealkylation sites (N-methyl/N-ethyl adjacent to an activating group) is 1. The van der Waals surface area contributed by atoms with Crippen molar-refractivity contribution in [1.82, 2.24) is 15.1 Å². The molecule has 0 aromatic heterocycles. The lowest BCUT2D eigenvalue weighted by Gasteiger charge is -2.28. The topological polar surface area (TPSA) is 113 Å². The minimum atomic E-state index is -0.945. The Bertz CT molecular complexity index is 761. The number of carbonyl (C=O) groups is 4. The van der Waals surface area contributed by atoms with Crippen LogP contribution in [0.5, 0.6) is 0 Å². The third-order valence-corrected chi connectivity index (χ3v) is 4.51. The standard InChI is InChI=1S/C17H20N4O4/c1-20(8-7-18)9-10-3-2-4-11-14(10)17(25)21(16(11)24)12-5-6-13(22)19-15(12)23/h2-4,12H,5-9,18H2,1H3,(H,19,22,23). The van der Waals surface area contributed by atoms with Gasteiger partial charge in [0.15, 0.2) is 0 Å². The number of piperidine rings is 1. The number of benzene rings is 1. The van der Waals surface area contributed by atoms with Crippen LogP contribution < -0.4 is 11.1 Å². The molecule has 2 heterocycles. The molecular formula is C17H20N4O4. The van der Waals surface area contributed by atoms with Crippen molar-refractivity contribution in [2.24, 2.45) is 5.73 Å². The van der Waals surface area contributed by atoms with Crippen molar-refractivity contribution < 1.29 is 19.2 Å². The second kappa shape index (κ2) is 6.73. The largest absolute Gasteiger partial charge is 0.329 e. The van der Waals surface area contributed by atoms with Crippen molar-refractivity contribution in [3.8, 4) is 0 Å². The van der Waals surface area contributed by atoms with Gasteiger partial charge in [0.2, 0.25) is 11.8 Å². The highest BCUT2D eigenvalue weighted by Gasteiger charge is 2.45. The van der Waals surface area contributed by atoms with Crippen LogP contribution in [0.3, 0.4) is 0 Å². The molecule has 2 aliphatic heterocycles. The lowest BCUT2D eigenvalue weighted by Crippen LogP contribution is -2.54. The van der Waals surface area contributed by atoms with Crippen LogP contribution in [-0.2, 0) is 16.1 Å². The molecule has 0 aliphatic carbocycles. The fourth-order valence-electron chi connectivity index (χ4n) is 3.31. The number of nitrogens with one attached hydrogen (secondary N) is 1. The number of hydrogen-bond acceptors (Lipinski definition) is 6. The zero-order chi connectivity index (χ0) is 18.1. The normalized spacial score (nSPS) is 20.3. The van der Waals surface area contributed by atoms with E-state index in [0.717, 1.165) is 10.5 Å². The van der Waals surface area contributed by atoms with Crippen LogP contribution in [0, 0.1) is 0 Å². The fraction of sp³-hybridized carbons (Fsp3) is 0.412. The molecule has 25 heavy (non-hydrogen) atoms. The molecule has 1 atom stereocenters. The quantitative estimate of drug-likeness (QED) is 0.695. The highest BCUT2D eigenvalue weighted by atomic mass is 16.2. The molecule has 8 heteroatoms. The third kappa shape index (κ3) is 3.06.